The van der Waals surface area contributed by atoms with Crippen molar-refractivity contribution in [1.29, 1.82) is 0 Å². The van der Waals surface area contributed by atoms with Gasteiger partial charge >= 0.3 is 0 Å². The SMILES string of the molecule is CCNc1ncc(C)c(OCc2ccc(Cl)cc2)n1. The maximum atomic E-state index is 5.84. The number of nitrogens with zero attached hydrogens (tertiary/aromatic N) is 2. The van der Waals surface area contributed by atoms with Crippen molar-refractivity contribution in [3.63, 3.8) is 0 Å². The van der Waals surface area contributed by atoms with Gasteiger partial charge in [0.1, 0.15) is 6.61 Å². The molecule has 0 atom stereocenters. The summed E-state index contributed by atoms with van der Waals surface area (Å²) in [5.74, 6) is 1.18. The molecule has 0 saturated carbocycles. The maximum Gasteiger partial charge on any atom is 0.225 e. The van der Waals surface area contributed by atoms with Crippen molar-refractivity contribution in [3.05, 3.63) is 46.6 Å². The fourth-order valence-electron chi connectivity index (χ4n) is 1.55. The molecular formula is C14H16ClN3O. The lowest BCUT2D eigenvalue weighted by molar-refractivity contribution is 0.291. The fourth-order valence-corrected chi connectivity index (χ4v) is 1.67. The Labute approximate surface area is 117 Å². The number of anilines is 1. The van der Waals surface area contributed by atoms with E-state index in [-0.39, 0.29) is 0 Å². The standard InChI is InChI=1S/C14H16ClN3O/c1-3-16-14-17-8-10(2)13(18-14)19-9-11-4-6-12(15)7-5-11/h4-8H,3,9H2,1-2H3,(H,16,17,18). The number of hydrogen-bond acceptors (Lipinski definition) is 4. The molecule has 5 heteroatoms. The van der Waals surface area contributed by atoms with Gasteiger partial charge in [0.25, 0.3) is 0 Å². The second-order valence-corrected chi connectivity index (χ2v) is 4.56. The zero-order valence-corrected chi connectivity index (χ0v) is 11.7. The normalized spacial score (nSPS) is 10.3. The van der Waals surface area contributed by atoms with Gasteiger partial charge in [-0.05, 0) is 31.5 Å². The highest BCUT2D eigenvalue weighted by atomic mass is 35.5. The first kappa shape index (κ1) is 13.6. The van der Waals surface area contributed by atoms with Gasteiger partial charge in [-0.2, -0.15) is 4.98 Å². The molecule has 1 aromatic heterocycles. The van der Waals surface area contributed by atoms with Crippen LogP contribution in [0.15, 0.2) is 30.5 Å². The minimum Gasteiger partial charge on any atom is -0.472 e. The first-order valence-corrected chi connectivity index (χ1v) is 6.51. The lowest BCUT2D eigenvalue weighted by Gasteiger charge is -2.09. The summed E-state index contributed by atoms with van der Waals surface area (Å²) in [7, 11) is 0. The zero-order valence-electron chi connectivity index (χ0n) is 11.0. The van der Waals surface area contributed by atoms with Crippen LogP contribution >= 0.6 is 11.6 Å². The summed E-state index contributed by atoms with van der Waals surface area (Å²) in [6.07, 6.45) is 1.75. The molecule has 0 fully saturated rings. The molecule has 2 aromatic rings. The summed E-state index contributed by atoms with van der Waals surface area (Å²) in [6, 6.07) is 7.56. The summed E-state index contributed by atoms with van der Waals surface area (Å²) in [4.78, 5) is 8.50. The van der Waals surface area contributed by atoms with E-state index < -0.39 is 0 Å². The average molecular weight is 278 g/mol. The maximum absolute atomic E-state index is 5.84. The van der Waals surface area contributed by atoms with Crippen molar-refractivity contribution in [2.45, 2.75) is 20.5 Å². The summed E-state index contributed by atoms with van der Waals surface area (Å²) in [5.41, 5.74) is 1.96. The molecule has 2 rings (SSSR count). The molecular weight excluding hydrogens is 262 g/mol. The van der Waals surface area contributed by atoms with Gasteiger partial charge in [-0.15, -0.1) is 0 Å². The lowest BCUT2D eigenvalue weighted by Crippen LogP contribution is -2.05. The molecule has 1 heterocycles. The van der Waals surface area contributed by atoms with Gasteiger partial charge in [0, 0.05) is 23.3 Å². The van der Waals surface area contributed by atoms with Crippen molar-refractivity contribution in [2.24, 2.45) is 0 Å². The zero-order chi connectivity index (χ0) is 13.7. The van der Waals surface area contributed by atoms with E-state index in [0.717, 1.165) is 22.7 Å². The number of aromatic nitrogens is 2. The number of ether oxygens (including phenoxy) is 1. The molecule has 0 bridgehead atoms. The molecule has 0 radical (unpaired) electrons. The molecule has 1 N–H and O–H groups in total. The minimum absolute atomic E-state index is 0.459. The Bertz CT molecular complexity index is 543. The molecule has 4 nitrogen and oxygen atoms in total. The first-order valence-electron chi connectivity index (χ1n) is 6.14. The van der Waals surface area contributed by atoms with Crippen LogP contribution < -0.4 is 10.1 Å². The number of nitrogens with one attached hydrogen (secondary N) is 1. The van der Waals surface area contributed by atoms with Crippen LogP contribution in [0.25, 0.3) is 0 Å². The molecule has 0 spiro atoms. The first-order chi connectivity index (χ1) is 9.19. The quantitative estimate of drug-likeness (QED) is 0.909. The molecule has 100 valence electrons. The van der Waals surface area contributed by atoms with E-state index >= 15 is 0 Å². The Morgan fingerprint density at radius 2 is 2.00 bits per heavy atom. The van der Waals surface area contributed by atoms with Crippen LogP contribution in [0.1, 0.15) is 18.1 Å². The summed E-state index contributed by atoms with van der Waals surface area (Å²) in [6.45, 7) is 5.16. The monoisotopic (exact) mass is 277 g/mol. The van der Waals surface area contributed by atoms with Crippen LogP contribution in [0.5, 0.6) is 5.88 Å². The van der Waals surface area contributed by atoms with Gasteiger partial charge in [0.15, 0.2) is 0 Å². The predicted molar refractivity (Wildman–Crippen MR) is 76.7 cm³/mol. The molecule has 0 amide bonds. The Morgan fingerprint density at radius 1 is 1.26 bits per heavy atom. The Balaban J connectivity index is 2.05. The van der Waals surface area contributed by atoms with Crippen molar-refractivity contribution < 1.29 is 4.74 Å². The number of hydrogen-bond donors (Lipinski definition) is 1. The van der Waals surface area contributed by atoms with Crippen LogP contribution in [-0.2, 0) is 6.61 Å². The van der Waals surface area contributed by atoms with Crippen molar-refractivity contribution in [2.75, 3.05) is 11.9 Å². The van der Waals surface area contributed by atoms with E-state index in [1.165, 1.54) is 0 Å². The van der Waals surface area contributed by atoms with Crippen LogP contribution in [-0.4, -0.2) is 16.5 Å². The third-order valence-corrected chi connectivity index (χ3v) is 2.80. The van der Waals surface area contributed by atoms with E-state index in [0.29, 0.717) is 18.4 Å². The molecule has 0 aliphatic heterocycles. The van der Waals surface area contributed by atoms with Crippen molar-refractivity contribution in [3.8, 4) is 5.88 Å². The van der Waals surface area contributed by atoms with E-state index in [4.69, 9.17) is 16.3 Å². The predicted octanol–water partition coefficient (Wildman–Crippen LogP) is 3.45. The average Bonchev–Trinajstić information content (AvgIpc) is 2.41. The van der Waals surface area contributed by atoms with Crippen molar-refractivity contribution >= 4 is 17.5 Å². The third-order valence-electron chi connectivity index (χ3n) is 2.55. The van der Waals surface area contributed by atoms with Gasteiger partial charge in [0.05, 0.1) is 0 Å². The molecule has 0 unspecified atom stereocenters. The molecule has 19 heavy (non-hydrogen) atoms. The van der Waals surface area contributed by atoms with Gasteiger partial charge in [-0.1, -0.05) is 23.7 Å². The summed E-state index contributed by atoms with van der Waals surface area (Å²) >= 11 is 5.84. The van der Waals surface area contributed by atoms with Gasteiger partial charge in [-0.3, -0.25) is 0 Å². The summed E-state index contributed by atoms with van der Waals surface area (Å²) < 4.78 is 5.72. The Morgan fingerprint density at radius 3 is 2.68 bits per heavy atom. The largest absolute Gasteiger partial charge is 0.472 e. The highest BCUT2D eigenvalue weighted by Gasteiger charge is 2.05. The van der Waals surface area contributed by atoms with Crippen LogP contribution in [0, 0.1) is 6.92 Å². The number of halogens is 1. The third kappa shape index (κ3) is 3.83. The van der Waals surface area contributed by atoms with Crippen LogP contribution in [0.4, 0.5) is 5.95 Å². The second kappa shape index (κ2) is 6.38. The summed E-state index contributed by atoms with van der Waals surface area (Å²) in [5, 5.41) is 3.78. The Kier molecular flexibility index (Phi) is 4.58. The van der Waals surface area contributed by atoms with Gasteiger partial charge in [-0.25, -0.2) is 4.98 Å². The van der Waals surface area contributed by atoms with Gasteiger partial charge < -0.3 is 10.1 Å². The molecule has 0 aliphatic carbocycles. The van der Waals surface area contributed by atoms with E-state index in [1.54, 1.807) is 6.20 Å². The molecule has 0 saturated heterocycles. The van der Waals surface area contributed by atoms with Crippen LogP contribution in [0.2, 0.25) is 5.02 Å². The highest BCUT2D eigenvalue weighted by Crippen LogP contribution is 2.17. The van der Waals surface area contributed by atoms with Crippen LogP contribution in [0.3, 0.4) is 0 Å². The minimum atomic E-state index is 0.459. The number of rotatable bonds is 5. The van der Waals surface area contributed by atoms with Crippen molar-refractivity contribution in [1.82, 2.24) is 9.97 Å². The number of aryl methyl sites for hydroxylation is 1. The van der Waals surface area contributed by atoms with E-state index in [1.807, 2.05) is 38.1 Å². The highest BCUT2D eigenvalue weighted by molar-refractivity contribution is 6.30. The molecule has 1 aromatic carbocycles. The number of benzene rings is 1. The molecule has 0 aliphatic rings. The van der Waals surface area contributed by atoms with E-state index in [9.17, 15) is 0 Å². The second-order valence-electron chi connectivity index (χ2n) is 4.13. The smallest absolute Gasteiger partial charge is 0.225 e. The Hall–Kier alpha value is -1.81. The lowest BCUT2D eigenvalue weighted by atomic mass is 10.2. The fraction of sp³-hybridized carbons (Fsp3) is 0.286. The van der Waals surface area contributed by atoms with Gasteiger partial charge in [0.2, 0.25) is 11.8 Å². The van der Waals surface area contributed by atoms with E-state index in [2.05, 4.69) is 15.3 Å². The topological polar surface area (TPSA) is 47.0 Å².